The van der Waals surface area contributed by atoms with Crippen LogP contribution in [-0.4, -0.2) is 45.9 Å². The largest absolute Gasteiger partial charge is 0.493 e. The highest BCUT2D eigenvalue weighted by Gasteiger charge is 2.33. The molecule has 2 aromatic rings. The number of carboxylic acids is 1. The van der Waals surface area contributed by atoms with E-state index in [0.29, 0.717) is 32.6 Å². The van der Waals surface area contributed by atoms with Gasteiger partial charge < -0.3 is 14.6 Å². The maximum atomic E-state index is 12.8. The van der Waals surface area contributed by atoms with E-state index in [-0.39, 0.29) is 17.3 Å². The first-order valence-electron chi connectivity index (χ1n) is 9.15. The molecule has 0 atom stereocenters. The first kappa shape index (κ1) is 23.6. The fraction of sp³-hybridized carbons (Fsp3) is 0.143. The predicted octanol–water partition coefficient (Wildman–Crippen LogP) is 3.75. The molecule has 11 heteroatoms. The van der Waals surface area contributed by atoms with Gasteiger partial charge in [-0.2, -0.15) is 5.01 Å². The molecule has 1 fully saturated rings. The monoisotopic (exact) mass is 492 g/mol. The average Bonchev–Trinajstić information content (AvgIpc) is 3.02. The number of benzene rings is 2. The third-order valence-corrected chi connectivity index (χ3v) is 5.73. The zero-order chi connectivity index (χ0) is 23.3. The SMILES string of the molecule is COc1cc(/C=C2/SC(=S)N(NC(=O)c3ccc(Cl)cc3)C2=O)ccc1OCCC(=O)O. The molecule has 2 N–H and O–H groups in total. The van der Waals surface area contributed by atoms with Crippen LogP contribution in [0.1, 0.15) is 22.3 Å². The van der Waals surface area contributed by atoms with Crippen LogP contribution in [-0.2, 0) is 9.59 Å². The molecular weight excluding hydrogens is 476 g/mol. The van der Waals surface area contributed by atoms with E-state index in [1.54, 1.807) is 36.4 Å². The molecule has 0 aromatic heterocycles. The van der Waals surface area contributed by atoms with Crippen LogP contribution >= 0.6 is 35.6 Å². The van der Waals surface area contributed by atoms with Crippen molar-refractivity contribution >= 4 is 63.8 Å². The Bertz CT molecular complexity index is 1100. The number of carbonyl (C=O) groups is 3. The number of rotatable bonds is 8. The van der Waals surface area contributed by atoms with E-state index in [0.717, 1.165) is 16.8 Å². The summed E-state index contributed by atoms with van der Waals surface area (Å²) < 4.78 is 10.9. The highest BCUT2D eigenvalue weighted by molar-refractivity contribution is 8.26. The van der Waals surface area contributed by atoms with Gasteiger partial charge >= 0.3 is 5.97 Å². The van der Waals surface area contributed by atoms with Gasteiger partial charge in [-0.25, -0.2) is 0 Å². The second kappa shape index (κ2) is 10.5. The van der Waals surface area contributed by atoms with Gasteiger partial charge in [0.1, 0.15) is 0 Å². The van der Waals surface area contributed by atoms with Crippen LogP contribution < -0.4 is 14.9 Å². The molecule has 2 aromatic carbocycles. The Hall–Kier alpha value is -3.08. The third kappa shape index (κ3) is 5.78. The minimum Gasteiger partial charge on any atom is -0.493 e. The molecular formula is C21H17ClN2O6S2. The van der Waals surface area contributed by atoms with Crippen LogP contribution in [0.15, 0.2) is 47.4 Å². The molecule has 0 saturated carbocycles. The first-order chi connectivity index (χ1) is 15.3. The topological polar surface area (TPSA) is 105 Å². The standard InChI is InChI=1S/C21H17ClN2O6S2/c1-29-16-10-12(2-7-15(16)30-9-8-18(25)26)11-17-20(28)24(21(31)32-17)23-19(27)13-3-5-14(22)6-4-13/h2-7,10-11H,8-9H2,1H3,(H,23,27)(H,25,26)/b17-11+. The van der Waals surface area contributed by atoms with Gasteiger partial charge in [0.2, 0.25) is 0 Å². The van der Waals surface area contributed by atoms with E-state index in [2.05, 4.69) is 5.43 Å². The van der Waals surface area contributed by atoms with Crippen molar-refractivity contribution in [3.8, 4) is 11.5 Å². The molecule has 0 aliphatic carbocycles. The fourth-order valence-electron chi connectivity index (χ4n) is 2.62. The van der Waals surface area contributed by atoms with Gasteiger partial charge in [0, 0.05) is 10.6 Å². The number of amides is 2. The third-order valence-electron chi connectivity index (χ3n) is 4.17. The number of carboxylic acid groups (broad SMARTS) is 1. The summed E-state index contributed by atoms with van der Waals surface area (Å²) in [7, 11) is 1.45. The molecule has 32 heavy (non-hydrogen) atoms. The number of nitrogens with zero attached hydrogens (tertiary/aromatic N) is 1. The number of methoxy groups -OCH3 is 1. The Morgan fingerprint density at radius 3 is 2.59 bits per heavy atom. The van der Waals surface area contributed by atoms with Gasteiger partial charge in [-0.3, -0.25) is 19.8 Å². The molecule has 1 aliphatic heterocycles. The second-order valence-corrected chi connectivity index (χ2v) is 8.48. The zero-order valence-corrected chi connectivity index (χ0v) is 19.1. The molecule has 1 aliphatic rings. The normalized spacial score (nSPS) is 14.6. The lowest BCUT2D eigenvalue weighted by atomic mass is 10.2. The van der Waals surface area contributed by atoms with Crippen LogP contribution in [0.4, 0.5) is 0 Å². The number of hydrazine groups is 1. The lowest BCUT2D eigenvalue weighted by molar-refractivity contribution is -0.137. The minimum absolute atomic E-state index is 0.00296. The van der Waals surface area contributed by atoms with Crippen molar-refractivity contribution in [2.45, 2.75) is 6.42 Å². The quantitative estimate of drug-likeness (QED) is 0.424. The summed E-state index contributed by atoms with van der Waals surface area (Å²) >= 11 is 12.1. The van der Waals surface area contributed by atoms with Gasteiger partial charge in [-0.1, -0.05) is 29.4 Å². The van der Waals surface area contributed by atoms with Gasteiger partial charge in [-0.15, -0.1) is 0 Å². The van der Waals surface area contributed by atoms with Crippen molar-refractivity contribution in [2.75, 3.05) is 13.7 Å². The Kier molecular flexibility index (Phi) is 7.73. The number of thioether (sulfide) groups is 1. The molecule has 0 radical (unpaired) electrons. The van der Waals surface area contributed by atoms with Crippen molar-refractivity contribution in [2.24, 2.45) is 0 Å². The number of halogens is 1. The summed E-state index contributed by atoms with van der Waals surface area (Å²) in [5.41, 5.74) is 3.47. The minimum atomic E-state index is -0.967. The Morgan fingerprint density at radius 1 is 1.22 bits per heavy atom. The summed E-state index contributed by atoms with van der Waals surface area (Å²) in [6.07, 6.45) is 1.46. The zero-order valence-electron chi connectivity index (χ0n) is 16.7. The van der Waals surface area contributed by atoms with Crippen LogP contribution in [0.25, 0.3) is 6.08 Å². The maximum absolute atomic E-state index is 12.8. The lowest BCUT2D eigenvalue weighted by Crippen LogP contribution is -2.44. The summed E-state index contributed by atoms with van der Waals surface area (Å²) in [4.78, 5) is 36.1. The molecule has 1 saturated heterocycles. The molecule has 0 bridgehead atoms. The second-order valence-electron chi connectivity index (χ2n) is 6.37. The van der Waals surface area contributed by atoms with Gasteiger partial charge in [0.15, 0.2) is 15.8 Å². The Balaban J connectivity index is 1.72. The van der Waals surface area contributed by atoms with Crippen molar-refractivity contribution in [3.05, 3.63) is 63.5 Å². The maximum Gasteiger partial charge on any atom is 0.306 e. The number of hydrogen-bond acceptors (Lipinski definition) is 7. The summed E-state index contributed by atoms with van der Waals surface area (Å²) in [5.74, 6) is -1.16. The van der Waals surface area contributed by atoms with E-state index in [9.17, 15) is 14.4 Å². The lowest BCUT2D eigenvalue weighted by Gasteiger charge is -2.15. The molecule has 166 valence electrons. The smallest absolute Gasteiger partial charge is 0.306 e. The van der Waals surface area contributed by atoms with E-state index in [4.69, 9.17) is 38.4 Å². The van der Waals surface area contributed by atoms with Gasteiger partial charge in [-0.05, 0) is 60.3 Å². The highest BCUT2D eigenvalue weighted by atomic mass is 35.5. The van der Waals surface area contributed by atoms with Crippen LogP contribution in [0.2, 0.25) is 5.02 Å². The van der Waals surface area contributed by atoms with Crippen LogP contribution in [0.3, 0.4) is 0 Å². The number of hydrogen-bond donors (Lipinski definition) is 2. The molecule has 3 rings (SSSR count). The van der Waals surface area contributed by atoms with Crippen molar-refractivity contribution in [1.82, 2.24) is 10.4 Å². The van der Waals surface area contributed by atoms with Gasteiger partial charge in [0.05, 0.1) is 25.0 Å². The molecule has 0 spiro atoms. The summed E-state index contributed by atoms with van der Waals surface area (Å²) in [6.45, 7) is -0.00296. The molecule has 2 amide bonds. The fourth-order valence-corrected chi connectivity index (χ4v) is 3.93. The number of carbonyl (C=O) groups excluding carboxylic acids is 2. The van der Waals surface area contributed by atoms with E-state index >= 15 is 0 Å². The first-order valence-corrected chi connectivity index (χ1v) is 10.8. The van der Waals surface area contributed by atoms with Crippen molar-refractivity contribution < 1.29 is 29.0 Å². The summed E-state index contributed by atoms with van der Waals surface area (Å²) in [5, 5.41) is 10.2. The van der Waals surface area contributed by atoms with Crippen molar-refractivity contribution in [3.63, 3.8) is 0 Å². The summed E-state index contributed by atoms with van der Waals surface area (Å²) in [6, 6.07) is 11.2. The molecule has 1 heterocycles. The number of ether oxygens (including phenoxy) is 2. The Morgan fingerprint density at radius 2 is 1.94 bits per heavy atom. The van der Waals surface area contributed by atoms with E-state index in [1.165, 1.54) is 19.2 Å². The van der Waals surface area contributed by atoms with Crippen LogP contribution in [0.5, 0.6) is 11.5 Å². The predicted molar refractivity (Wildman–Crippen MR) is 125 cm³/mol. The Labute approximate surface area is 198 Å². The van der Waals surface area contributed by atoms with Crippen LogP contribution in [0, 0.1) is 0 Å². The molecule has 0 unspecified atom stereocenters. The van der Waals surface area contributed by atoms with Crippen molar-refractivity contribution in [1.29, 1.82) is 0 Å². The number of aliphatic carboxylic acids is 1. The molecule has 8 nitrogen and oxygen atoms in total. The highest BCUT2D eigenvalue weighted by Crippen LogP contribution is 2.34. The van der Waals surface area contributed by atoms with E-state index < -0.39 is 17.8 Å². The van der Waals surface area contributed by atoms with Gasteiger partial charge in [0.25, 0.3) is 11.8 Å². The van der Waals surface area contributed by atoms with E-state index in [1.807, 2.05) is 0 Å². The number of nitrogens with one attached hydrogen (secondary N) is 1. The number of thiocarbonyl (C=S) groups is 1. The average molecular weight is 493 g/mol.